The number of nitrogens with zero attached hydrogens (tertiary/aromatic N) is 4. The highest BCUT2D eigenvalue weighted by atomic mass is 16.6. The zero-order chi connectivity index (χ0) is 31.7. The number of aromatic nitrogens is 2. The standard InChI is InChI=1S/C32H46N6O5/c1-22(2)15-19-36(20-16-23(3)4)29(39)24-9-14-27-28(21-24)37(18-8-17-33-31(40)43-32(5,6)7)30(35-27)34-25-10-12-26(13-11-25)38(41)42/h9-14,21-23H,8,15-20H2,1-7H3,(H,33,40)(H,34,35). The molecule has 0 aliphatic rings. The molecule has 3 rings (SSSR count). The molecular formula is C32H46N6O5. The summed E-state index contributed by atoms with van der Waals surface area (Å²) in [6.45, 7) is 16.3. The maximum Gasteiger partial charge on any atom is 0.407 e. The first-order valence-corrected chi connectivity index (χ1v) is 15.0. The lowest BCUT2D eigenvalue weighted by molar-refractivity contribution is -0.384. The number of hydrogen-bond donors (Lipinski definition) is 2. The summed E-state index contributed by atoms with van der Waals surface area (Å²) in [5.74, 6) is 1.50. The van der Waals surface area contributed by atoms with Crippen molar-refractivity contribution >= 4 is 40.4 Å². The number of hydrogen-bond acceptors (Lipinski definition) is 7. The predicted molar refractivity (Wildman–Crippen MR) is 170 cm³/mol. The van der Waals surface area contributed by atoms with Crippen molar-refractivity contribution in [3.63, 3.8) is 0 Å². The Morgan fingerprint density at radius 3 is 2.21 bits per heavy atom. The average molecular weight is 595 g/mol. The summed E-state index contributed by atoms with van der Waals surface area (Å²) in [4.78, 5) is 43.2. The number of imidazole rings is 1. The lowest BCUT2D eigenvalue weighted by Crippen LogP contribution is -2.34. The SMILES string of the molecule is CC(C)CCN(CCC(C)C)C(=O)c1ccc2nc(Nc3ccc([N+](=O)[O-])cc3)n(CCCNC(=O)OC(C)(C)C)c2c1. The van der Waals surface area contributed by atoms with Gasteiger partial charge < -0.3 is 24.8 Å². The van der Waals surface area contributed by atoms with E-state index in [-0.39, 0.29) is 11.6 Å². The van der Waals surface area contributed by atoms with Crippen LogP contribution in [-0.4, -0.2) is 56.6 Å². The van der Waals surface area contributed by atoms with Crippen molar-refractivity contribution < 1.29 is 19.2 Å². The van der Waals surface area contributed by atoms with Crippen LogP contribution in [0.5, 0.6) is 0 Å². The lowest BCUT2D eigenvalue weighted by atomic mass is 10.1. The van der Waals surface area contributed by atoms with E-state index in [0.29, 0.717) is 67.2 Å². The van der Waals surface area contributed by atoms with E-state index < -0.39 is 16.6 Å². The number of anilines is 2. The summed E-state index contributed by atoms with van der Waals surface area (Å²) >= 11 is 0. The average Bonchev–Trinajstić information content (AvgIpc) is 3.25. The fraction of sp³-hybridized carbons (Fsp3) is 0.531. The number of fused-ring (bicyclic) bond motifs is 1. The molecule has 2 amide bonds. The van der Waals surface area contributed by atoms with Crippen LogP contribution in [0.25, 0.3) is 11.0 Å². The van der Waals surface area contributed by atoms with Gasteiger partial charge in [-0.25, -0.2) is 9.78 Å². The third-order valence-electron chi connectivity index (χ3n) is 6.80. The van der Waals surface area contributed by atoms with Gasteiger partial charge >= 0.3 is 6.09 Å². The van der Waals surface area contributed by atoms with Gasteiger partial charge in [-0.3, -0.25) is 14.9 Å². The molecule has 0 spiro atoms. The Hall–Kier alpha value is -4.15. The van der Waals surface area contributed by atoms with E-state index in [1.165, 1.54) is 12.1 Å². The smallest absolute Gasteiger partial charge is 0.407 e. The molecule has 1 aromatic heterocycles. The number of rotatable bonds is 14. The molecule has 11 heteroatoms. The van der Waals surface area contributed by atoms with Crippen LogP contribution in [0.1, 0.15) is 78.1 Å². The summed E-state index contributed by atoms with van der Waals surface area (Å²) < 4.78 is 7.31. The van der Waals surface area contributed by atoms with Gasteiger partial charge in [0.15, 0.2) is 0 Å². The predicted octanol–water partition coefficient (Wildman–Crippen LogP) is 7.14. The van der Waals surface area contributed by atoms with Gasteiger partial charge in [-0.2, -0.15) is 0 Å². The van der Waals surface area contributed by atoms with Crippen LogP contribution in [0.2, 0.25) is 0 Å². The first kappa shape index (κ1) is 33.4. The Labute approximate surface area is 254 Å². The van der Waals surface area contributed by atoms with Gasteiger partial charge in [0.2, 0.25) is 5.95 Å². The highest BCUT2D eigenvalue weighted by Gasteiger charge is 2.20. The van der Waals surface area contributed by atoms with Gasteiger partial charge in [0.25, 0.3) is 11.6 Å². The number of nitro groups is 1. The quantitative estimate of drug-likeness (QED) is 0.115. The summed E-state index contributed by atoms with van der Waals surface area (Å²) in [6, 6.07) is 11.7. The summed E-state index contributed by atoms with van der Waals surface area (Å²) in [5, 5.41) is 17.1. The molecule has 0 bridgehead atoms. The Morgan fingerprint density at radius 1 is 1.02 bits per heavy atom. The number of amides is 2. The van der Waals surface area contributed by atoms with Crippen LogP contribution in [0, 0.1) is 22.0 Å². The Bertz CT molecular complexity index is 1380. The highest BCUT2D eigenvalue weighted by molar-refractivity contribution is 5.98. The molecule has 0 unspecified atom stereocenters. The first-order valence-electron chi connectivity index (χ1n) is 15.0. The van der Waals surface area contributed by atoms with Crippen LogP contribution >= 0.6 is 0 Å². The van der Waals surface area contributed by atoms with Crippen LogP contribution in [0.3, 0.4) is 0 Å². The van der Waals surface area contributed by atoms with E-state index in [2.05, 4.69) is 38.3 Å². The Morgan fingerprint density at radius 2 is 1.65 bits per heavy atom. The zero-order valence-corrected chi connectivity index (χ0v) is 26.5. The number of benzene rings is 2. The molecule has 1 heterocycles. The molecule has 3 aromatic rings. The fourth-order valence-electron chi connectivity index (χ4n) is 4.44. The van der Waals surface area contributed by atoms with E-state index in [1.807, 2.05) is 48.4 Å². The van der Waals surface area contributed by atoms with E-state index in [4.69, 9.17) is 9.72 Å². The minimum Gasteiger partial charge on any atom is -0.444 e. The monoisotopic (exact) mass is 594 g/mol. The van der Waals surface area contributed by atoms with Gasteiger partial charge in [0, 0.05) is 49.6 Å². The summed E-state index contributed by atoms with van der Waals surface area (Å²) in [6.07, 6.45) is 1.95. The molecule has 0 saturated heterocycles. The number of non-ortho nitro benzene ring substituents is 1. The number of ether oxygens (including phenoxy) is 1. The third-order valence-corrected chi connectivity index (χ3v) is 6.80. The van der Waals surface area contributed by atoms with Crippen LogP contribution < -0.4 is 10.6 Å². The van der Waals surface area contributed by atoms with E-state index in [9.17, 15) is 19.7 Å². The van der Waals surface area contributed by atoms with Crippen molar-refractivity contribution in [3.8, 4) is 0 Å². The minimum absolute atomic E-state index is 0.00471. The molecule has 0 fully saturated rings. The summed E-state index contributed by atoms with van der Waals surface area (Å²) in [5.41, 5.74) is 2.12. The number of alkyl carbamates (subject to hydrolysis) is 1. The molecule has 0 radical (unpaired) electrons. The molecule has 0 atom stereocenters. The Kier molecular flexibility index (Phi) is 11.5. The van der Waals surface area contributed by atoms with Crippen LogP contribution in [0.4, 0.5) is 22.1 Å². The zero-order valence-electron chi connectivity index (χ0n) is 26.5. The van der Waals surface area contributed by atoms with E-state index in [0.717, 1.165) is 18.4 Å². The molecule has 43 heavy (non-hydrogen) atoms. The van der Waals surface area contributed by atoms with Gasteiger partial charge in [-0.05, 0) is 82.2 Å². The molecule has 0 saturated carbocycles. The van der Waals surface area contributed by atoms with E-state index in [1.54, 1.807) is 12.1 Å². The third kappa shape index (κ3) is 10.3. The largest absolute Gasteiger partial charge is 0.444 e. The minimum atomic E-state index is -0.590. The molecule has 2 aromatic carbocycles. The van der Waals surface area contributed by atoms with Crippen molar-refractivity contribution in [2.45, 2.75) is 79.9 Å². The van der Waals surface area contributed by atoms with Gasteiger partial charge in [0.05, 0.1) is 16.0 Å². The topological polar surface area (TPSA) is 132 Å². The van der Waals surface area contributed by atoms with Gasteiger partial charge in [-0.15, -0.1) is 0 Å². The molecular weight excluding hydrogens is 548 g/mol. The molecule has 2 N–H and O–H groups in total. The van der Waals surface area contributed by atoms with Crippen LogP contribution in [0.15, 0.2) is 42.5 Å². The molecule has 0 aliphatic carbocycles. The number of carbonyl (C=O) groups excluding carboxylic acids is 2. The summed E-state index contributed by atoms with van der Waals surface area (Å²) in [7, 11) is 0. The van der Waals surface area contributed by atoms with Crippen molar-refractivity contribution in [1.82, 2.24) is 19.8 Å². The molecule has 0 aliphatic heterocycles. The maximum absolute atomic E-state index is 13.7. The highest BCUT2D eigenvalue weighted by Crippen LogP contribution is 2.26. The molecule has 11 nitrogen and oxygen atoms in total. The number of carbonyl (C=O) groups is 2. The number of aryl methyl sites for hydroxylation is 1. The molecule has 234 valence electrons. The van der Waals surface area contributed by atoms with Crippen LogP contribution in [-0.2, 0) is 11.3 Å². The second kappa shape index (κ2) is 14.8. The number of nitrogens with one attached hydrogen (secondary N) is 2. The fourth-order valence-corrected chi connectivity index (χ4v) is 4.44. The van der Waals surface area contributed by atoms with Gasteiger partial charge in [-0.1, -0.05) is 27.7 Å². The second-order valence-electron chi connectivity index (χ2n) is 12.7. The Balaban J connectivity index is 1.90. The maximum atomic E-state index is 13.7. The normalized spacial score (nSPS) is 11.7. The van der Waals surface area contributed by atoms with Crippen molar-refractivity contribution in [3.05, 3.63) is 58.1 Å². The van der Waals surface area contributed by atoms with Crippen molar-refractivity contribution in [2.24, 2.45) is 11.8 Å². The van der Waals surface area contributed by atoms with Crippen molar-refractivity contribution in [2.75, 3.05) is 25.0 Å². The van der Waals surface area contributed by atoms with Gasteiger partial charge in [0.1, 0.15) is 5.60 Å². The van der Waals surface area contributed by atoms with E-state index >= 15 is 0 Å². The van der Waals surface area contributed by atoms with Crippen molar-refractivity contribution in [1.29, 1.82) is 0 Å². The second-order valence-corrected chi connectivity index (χ2v) is 12.7. The number of nitro benzene ring substituents is 1. The lowest BCUT2D eigenvalue weighted by Gasteiger charge is -2.24. The first-order chi connectivity index (χ1) is 20.2.